The molecule has 0 bridgehead atoms. The van der Waals surface area contributed by atoms with E-state index in [2.05, 4.69) is 34.6 Å². The van der Waals surface area contributed by atoms with Crippen LogP contribution in [0.15, 0.2) is 0 Å². The van der Waals surface area contributed by atoms with E-state index in [1.165, 1.54) is 6.92 Å². The molecule has 5 aliphatic carbocycles. The lowest BCUT2D eigenvalue weighted by Gasteiger charge is -2.65. The third-order valence-corrected chi connectivity index (χ3v) is 20.6. The predicted octanol–water partition coefficient (Wildman–Crippen LogP) is 0.261. The fraction of sp³-hybridized carbons (Fsp3) is 0.943. The van der Waals surface area contributed by atoms with Gasteiger partial charge in [-0.1, -0.05) is 27.7 Å². The van der Waals surface area contributed by atoms with Crippen molar-refractivity contribution in [2.24, 2.45) is 44.8 Å². The van der Waals surface area contributed by atoms with E-state index in [0.29, 0.717) is 38.5 Å². The average molecular weight is 1070 g/mol. The van der Waals surface area contributed by atoms with Crippen LogP contribution < -0.4 is 0 Å². The van der Waals surface area contributed by atoms with Crippen molar-refractivity contribution in [2.75, 3.05) is 19.8 Å². The molecule has 9 fully saturated rings. The van der Waals surface area contributed by atoms with E-state index in [-0.39, 0.29) is 29.8 Å². The fourth-order valence-corrected chi connectivity index (χ4v) is 17.3. The Balaban J connectivity index is 1.09. The van der Waals surface area contributed by atoms with Gasteiger partial charge >= 0.3 is 17.9 Å². The van der Waals surface area contributed by atoms with Crippen molar-refractivity contribution in [3.05, 3.63) is 0 Å². The molecule has 4 heterocycles. The van der Waals surface area contributed by atoms with Gasteiger partial charge in [-0.15, -0.1) is 0 Å². The molecule has 2 spiro atoms. The monoisotopic (exact) mass is 1070 g/mol. The van der Waals surface area contributed by atoms with Crippen LogP contribution in [-0.2, 0) is 61.8 Å². The molecule has 22 heteroatoms. The number of ether oxygens (including phenoxy) is 10. The van der Waals surface area contributed by atoms with E-state index >= 15 is 0 Å². The largest absolute Gasteiger partial charge is 0.456 e. The summed E-state index contributed by atoms with van der Waals surface area (Å²) in [5.41, 5.74) is -4.30. The van der Waals surface area contributed by atoms with E-state index in [1.54, 1.807) is 13.8 Å². The molecule has 9 N–H and O–H groups in total. The normalized spacial score (nSPS) is 52.1. The summed E-state index contributed by atoms with van der Waals surface area (Å²) in [5, 5.41) is 98.6. The first-order valence-corrected chi connectivity index (χ1v) is 27.0. The minimum atomic E-state index is -1.83. The second-order valence-electron chi connectivity index (χ2n) is 25.6. The Morgan fingerprint density at radius 3 is 1.85 bits per heavy atom. The maximum atomic E-state index is 13.0. The number of rotatable bonds is 13. The van der Waals surface area contributed by atoms with Crippen LogP contribution in [0.5, 0.6) is 0 Å². The zero-order valence-corrected chi connectivity index (χ0v) is 44.9. The Hall–Kier alpha value is -2.23. The molecule has 0 aromatic heterocycles. The molecule has 428 valence electrons. The van der Waals surface area contributed by atoms with Crippen LogP contribution in [-0.4, -0.2) is 205 Å². The molecule has 0 unspecified atom stereocenters. The molecule has 26 atom stereocenters. The summed E-state index contributed by atoms with van der Waals surface area (Å²) in [6, 6.07) is 0. The summed E-state index contributed by atoms with van der Waals surface area (Å²) in [6.07, 6.45) is -18.4. The van der Waals surface area contributed by atoms with Crippen molar-refractivity contribution in [3.8, 4) is 0 Å². The predicted molar refractivity (Wildman–Crippen MR) is 255 cm³/mol. The molecule has 4 aliphatic heterocycles. The van der Waals surface area contributed by atoms with E-state index in [1.807, 2.05) is 0 Å². The number of aliphatic hydroxyl groups is 9. The standard InChI is InChI=1S/C53H84O22/c1-23(56)67-38-30(20-55)72-46(41(69-25(3)58)40(38)68-24(2)57)70-28-17-31-50(9)18-26(59)42(51(10)13-11-33(75-51)48(6,7)65)49(50,8)15-16-52(31)22-53(52)14-12-32(47(4,5)43(28)53)73-45-39(34(61)27(60)21-66-45)74-44-37(64)36(63)35(62)29(19-54)71-44/h26-46,54-55,59-65H,11-22H2,1-10H3/t26-,27+,28-,29+,30+,31-,32-,33-,34-,35+,36-,37+,38+,39+,40-,41+,42-,43-,44-,45-,46+,49+,50-,51+,52-,53+/m0/s1. The second-order valence-corrected chi connectivity index (χ2v) is 25.6. The molecule has 4 saturated heterocycles. The summed E-state index contributed by atoms with van der Waals surface area (Å²) >= 11 is 0. The van der Waals surface area contributed by atoms with Crippen LogP contribution in [0, 0.1) is 44.8 Å². The van der Waals surface area contributed by atoms with Gasteiger partial charge in [0, 0.05) is 26.7 Å². The SMILES string of the molecule is CC(=O)O[C@@H]1[C@@H](OC(C)=O)[C@H](O[C@H]2C[C@@H]3[C@]4(CC[C@]5(C)[C@@H]([C@@]6(C)CC[C@@H](C(C)(C)O)O6)[C@@H](O)C[C@@]35C)C[C@@]43CC[C@H](O[C@@H]4OC[C@@H](O)[C@H](O)[C@H]4O[C@@H]4O[C@H](CO)[C@@H](O)[C@H](O)[C@H]4O)C(C)(C)[C@H]23)O[C@H](CO)[C@H]1OC(C)=O. The third kappa shape index (κ3) is 9.30. The molecule has 75 heavy (non-hydrogen) atoms. The minimum Gasteiger partial charge on any atom is -0.456 e. The van der Waals surface area contributed by atoms with Crippen molar-refractivity contribution in [1.82, 2.24) is 0 Å². The highest BCUT2D eigenvalue weighted by Gasteiger charge is 2.85. The zero-order chi connectivity index (χ0) is 54.9. The molecule has 5 saturated carbocycles. The Morgan fingerprint density at radius 1 is 0.613 bits per heavy atom. The van der Waals surface area contributed by atoms with Crippen LogP contribution >= 0.6 is 0 Å². The molecule has 9 aliphatic rings. The molecule has 0 aromatic carbocycles. The zero-order valence-electron chi connectivity index (χ0n) is 44.9. The van der Waals surface area contributed by atoms with Gasteiger partial charge in [-0.3, -0.25) is 14.4 Å². The van der Waals surface area contributed by atoms with Gasteiger partial charge < -0.3 is 93.3 Å². The third-order valence-electron chi connectivity index (χ3n) is 20.6. The number of hydrogen-bond acceptors (Lipinski definition) is 22. The van der Waals surface area contributed by atoms with Gasteiger partial charge in [-0.25, -0.2) is 0 Å². The Kier molecular flexibility index (Phi) is 15.4. The first-order valence-electron chi connectivity index (χ1n) is 27.0. The molecule has 0 radical (unpaired) electrons. The first kappa shape index (κ1) is 57.5. The molecular weight excluding hydrogens is 989 g/mol. The van der Waals surface area contributed by atoms with Gasteiger partial charge in [0.15, 0.2) is 37.2 Å². The first-order chi connectivity index (χ1) is 34.9. The molecule has 9 rings (SSSR count). The number of hydrogen-bond donors (Lipinski definition) is 9. The summed E-state index contributed by atoms with van der Waals surface area (Å²) < 4.78 is 62.6. The molecule has 0 aromatic rings. The van der Waals surface area contributed by atoms with E-state index < -0.39 is 174 Å². The fourth-order valence-electron chi connectivity index (χ4n) is 17.3. The summed E-state index contributed by atoms with van der Waals surface area (Å²) in [6.45, 7) is 15.9. The van der Waals surface area contributed by atoms with Crippen molar-refractivity contribution >= 4 is 17.9 Å². The maximum absolute atomic E-state index is 13.0. The lowest BCUT2D eigenvalue weighted by Crippen LogP contribution is -2.66. The smallest absolute Gasteiger partial charge is 0.303 e. The lowest BCUT2D eigenvalue weighted by molar-refractivity contribution is -0.369. The number of carbonyl (C=O) groups excluding carboxylic acids is 3. The topological polar surface area (TPSA) is 326 Å². The van der Waals surface area contributed by atoms with Crippen molar-refractivity contribution in [3.63, 3.8) is 0 Å². The van der Waals surface area contributed by atoms with Crippen LogP contribution in [0.4, 0.5) is 0 Å². The van der Waals surface area contributed by atoms with Crippen LogP contribution in [0.1, 0.15) is 127 Å². The van der Waals surface area contributed by atoms with Gasteiger partial charge in [0.25, 0.3) is 0 Å². The summed E-state index contributed by atoms with van der Waals surface area (Å²) in [4.78, 5) is 38.3. The summed E-state index contributed by atoms with van der Waals surface area (Å²) in [5.74, 6) is -3.05. The number of carbonyl (C=O) groups is 3. The average Bonchev–Trinajstić information content (AvgIpc) is 3.68. The number of esters is 3. The van der Waals surface area contributed by atoms with Gasteiger partial charge in [0.1, 0.15) is 48.8 Å². The van der Waals surface area contributed by atoms with Crippen LogP contribution in [0.2, 0.25) is 0 Å². The van der Waals surface area contributed by atoms with Gasteiger partial charge in [0.2, 0.25) is 0 Å². The van der Waals surface area contributed by atoms with Crippen LogP contribution in [0.3, 0.4) is 0 Å². The van der Waals surface area contributed by atoms with Crippen LogP contribution in [0.25, 0.3) is 0 Å². The number of fused-ring (bicyclic) bond motifs is 2. The molecule has 22 nitrogen and oxygen atoms in total. The highest BCUT2D eigenvalue weighted by molar-refractivity contribution is 5.68. The van der Waals surface area contributed by atoms with E-state index in [0.717, 1.165) is 33.1 Å². The Morgan fingerprint density at radius 2 is 1.24 bits per heavy atom. The van der Waals surface area contributed by atoms with E-state index in [4.69, 9.17) is 47.4 Å². The van der Waals surface area contributed by atoms with Gasteiger partial charge in [0.05, 0.1) is 55.4 Å². The maximum Gasteiger partial charge on any atom is 0.303 e. The summed E-state index contributed by atoms with van der Waals surface area (Å²) in [7, 11) is 0. The lowest BCUT2D eigenvalue weighted by atomic mass is 9.41. The highest BCUT2D eigenvalue weighted by Crippen LogP contribution is 2.89. The minimum absolute atomic E-state index is 0.0647. The Bertz CT molecular complexity index is 2120. The van der Waals surface area contributed by atoms with Crippen molar-refractivity contribution < 1.29 is 108 Å². The van der Waals surface area contributed by atoms with Gasteiger partial charge in [-0.2, -0.15) is 0 Å². The van der Waals surface area contributed by atoms with Crippen molar-refractivity contribution in [1.29, 1.82) is 0 Å². The quantitative estimate of drug-likeness (QED) is 0.0679. The molecule has 0 amide bonds. The highest BCUT2D eigenvalue weighted by atomic mass is 16.8. The van der Waals surface area contributed by atoms with E-state index in [9.17, 15) is 60.3 Å². The van der Waals surface area contributed by atoms with Gasteiger partial charge in [-0.05, 0) is 117 Å². The van der Waals surface area contributed by atoms with Crippen molar-refractivity contribution in [2.45, 2.75) is 249 Å². The second kappa shape index (κ2) is 20.1. The number of aliphatic hydroxyl groups excluding tert-OH is 8. The molecular formula is C53H84O22. The Labute approximate surface area is 437 Å².